The second kappa shape index (κ2) is 10.8. The van der Waals surface area contributed by atoms with Gasteiger partial charge in [0.25, 0.3) is 0 Å². The Hall–Kier alpha value is -3.29. The van der Waals surface area contributed by atoms with Crippen molar-refractivity contribution in [2.24, 2.45) is 5.10 Å². The summed E-state index contributed by atoms with van der Waals surface area (Å²) in [6.07, 6.45) is 3.32. The molecule has 0 saturated heterocycles. The first kappa shape index (κ1) is 21.9. The summed E-state index contributed by atoms with van der Waals surface area (Å²) in [5, 5.41) is 14.0. The van der Waals surface area contributed by atoms with Crippen molar-refractivity contribution in [2.45, 2.75) is 17.5 Å². The highest BCUT2D eigenvalue weighted by molar-refractivity contribution is 7.98. The molecule has 0 fully saturated rings. The molecule has 3 aromatic carbocycles. The minimum atomic E-state index is 0.353. The molecule has 0 bridgehead atoms. The lowest BCUT2D eigenvalue weighted by molar-refractivity contribution is 0.284. The Morgan fingerprint density at radius 2 is 1.84 bits per heavy atom. The number of thioether (sulfide) groups is 1. The van der Waals surface area contributed by atoms with Gasteiger partial charge in [-0.1, -0.05) is 71.9 Å². The van der Waals surface area contributed by atoms with E-state index in [9.17, 15) is 0 Å². The Balaban J connectivity index is 1.42. The Kier molecular flexibility index (Phi) is 7.42. The Bertz CT molecular complexity index is 1200. The zero-order valence-electron chi connectivity index (χ0n) is 17.4. The van der Waals surface area contributed by atoms with Gasteiger partial charge in [0.15, 0.2) is 11.5 Å². The fourth-order valence-electron chi connectivity index (χ4n) is 2.90. The zero-order chi connectivity index (χ0) is 22.2. The van der Waals surface area contributed by atoms with Gasteiger partial charge in [-0.15, -0.1) is 10.2 Å². The summed E-state index contributed by atoms with van der Waals surface area (Å²) in [6.45, 7) is 0.353. The quantitative estimate of drug-likeness (QED) is 0.235. The van der Waals surface area contributed by atoms with Crippen molar-refractivity contribution in [3.63, 3.8) is 0 Å². The van der Waals surface area contributed by atoms with E-state index in [1.165, 1.54) is 5.56 Å². The normalized spacial score (nSPS) is 11.1. The molecule has 1 aromatic heterocycles. The highest BCUT2D eigenvalue weighted by atomic mass is 35.5. The number of methoxy groups -OCH3 is 1. The van der Waals surface area contributed by atoms with Crippen LogP contribution in [-0.2, 0) is 12.4 Å². The van der Waals surface area contributed by atoms with Crippen LogP contribution in [0.3, 0.4) is 0 Å². The monoisotopic (exact) mass is 464 g/mol. The molecule has 0 aliphatic rings. The third kappa shape index (κ3) is 5.69. The number of aromatic nitrogens is 3. The number of ether oxygens (including phenoxy) is 2. The Morgan fingerprint density at radius 3 is 2.66 bits per heavy atom. The molecule has 32 heavy (non-hydrogen) atoms. The van der Waals surface area contributed by atoms with Crippen LogP contribution in [0.15, 0.2) is 89.4 Å². The molecule has 0 unspecified atom stereocenters. The zero-order valence-corrected chi connectivity index (χ0v) is 19.0. The van der Waals surface area contributed by atoms with Crippen LogP contribution >= 0.6 is 23.4 Å². The van der Waals surface area contributed by atoms with Crippen LogP contribution in [0.5, 0.6) is 11.5 Å². The van der Waals surface area contributed by atoms with Crippen molar-refractivity contribution >= 4 is 29.6 Å². The smallest absolute Gasteiger partial charge is 0.212 e. The van der Waals surface area contributed by atoms with E-state index in [0.717, 1.165) is 22.0 Å². The van der Waals surface area contributed by atoms with Gasteiger partial charge in [0.1, 0.15) is 12.9 Å². The molecule has 1 heterocycles. The lowest BCUT2D eigenvalue weighted by atomic mass is 10.2. The minimum absolute atomic E-state index is 0.353. The van der Waals surface area contributed by atoms with Crippen molar-refractivity contribution in [1.82, 2.24) is 14.9 Å². The summed E-state index contributed by atoms with van der Waals surface area (Å²) >= 11 is 7.78. The lowest BCUT2D eigenvalue weighted by Crippen LogP contribution is -1.99. The van der Waals surface area contributed by atoms with Gasteiger partial charge in [-0.05, 0) is 35.4 Å². The summed E-state index contributed by atoms with van der Waals surface area (Å²) in [7, 11) is 1.61. The predicted octanol–water partition coefficient (Wildman–Crippen LogP) is 5.69. The fraction of sp³-hybridized carbons (Fsp3) is 0.125. The van der Waals surface area contributed by atoms with Crippen LogP contribution in [0.2, 0.25) is 5.02 Å². The fourth-order valence-corrected chi connectivity index (χ4v) is 3.91. The van der Waals surface area contributed by atoms with Crippen molar-refractivity contribution in [3.8, 4) is 11.5 Å². The van der Waals surface area contributed by atoms with E-state index in [2.05, 4.69) is 27.4 Å². The average molecular weight is 465 g/mol. The van der Waals surface area contributed by atoms with E-state index in [0.29, 0.717) is 23.1 Å². The lowest BCUT2D eigenvalue weighted by Gasteiger charge is -2.12. The summed E-state index contributed by atoms with van der Waals surface area (Å²) in [6, 6.07) is 23.4. The van der Waals surface area contributed by atoms with Crippen LogP contribution in [0.25, 0.3) is 0 Å². The van der Waals surface area contributed by atoms with E-state index >= 15 is 0 Å². The molecule has 4 aromatic rings. The van der Waals surface area contributed by atoms with Crippen LogP contribution < -0.4 is 9.47 Å². The minimum Gasteiger partial charge on any atom is -0.493 e. The Labute approximate surface area is 195 Å². The van der Waals surface area contributed by atoms with Gasteiger partial charge in [0, 0.05) is 16.3 Å². The number of hydrogen-bond donors (Lipinski definition) is 0. The number of benzene rings is 3. The van der Waals surface area contributed by atoms with Crippen LogP contribution in [0.1, 0.15) is 16.7 Å². The third-order valence-electron chi connectivity index (χ3n) is 4.57. The third-order valence-corrected chi connectivity index (χ3v) is 5.94. The molecule has 4 rings (SSSR count). The maximum Gasteiger partial charge on any atom is 0.212 e. The van der Waals surface area contributed by atoms with Crippen LogP contribution in [0.4, 0.5) is 0 Å². The SMILES string of the molecule is COc1cc(/C=N/n2cnnc2SCc2ccccc2)ccc1OCc1ccccc1Cl. The van der Waals surface area contributed by atoms with Crippen LogP contribution in [0, 0.1) is 0 Å². The molecule has 162 valence electrons. The van der Waals surface area contributed by atoms with E-state index in [1.54, 1.807) is 36.1 Å². The second-order valence-electron chi connectivity index (χ2n) is 6.77. The standard InChI is InChI=1S/C24H21ClN4O2S/c1-30-23-13-19(11-12-22(23)31-15-20-9-5-6-10-21(20)25)14-27-29-17-26-28-24(29)32-16-18-7-3-2-4-8-18/h2-14,17H,15-16H2,1H3/b27-14+. The highest BCUT2D eigenvalue weighted by Crippen LogP contribution is 2.29. The number of rotatable bonds is 9. The van der Waals surface area contributed by atoms with Crippen molar-refractivity contribution in [3.05, 3.63) is 101 Å². The average Bonchev–Trinajstić information content (AvgIpc) is 3.29. The van der Waals surface area contributed by atoms with Crippen molar-refractivity contribution in [2.75, 3.05) is 7.11 Å². The van der Waals surface area contributed by atoms with Gasteiger partial charge in [0.2, 0.25) is 5.16 Å². The second-order valence-corrected chi connectivity index (χ2v) is 8.12. The molecule has 0 spiro atoms. The first-order chi connectivity index (χ1) is 15.7. The molecular formula is C24H21ClN4O2S. The molecule has 0 radical (unpaired) electrons. The molecule has 8 heteroatoms. The molecule has 0 aliphatic heterocycles. The maximum atomic E-state index is 6.21. The van der Waals surface area contributed by atoms with Crippen LogP contribution in [-0.4, -0.2) is 28.2 Å². The summed E-state index contributed by atoms with van der Waals surface area (Å²) < 4.78 is 13.1. The number of hydrogen-bond acceptors (Lipinski definition) is 6. The summed E-state index contributed by atoms with van der Waals surface area (Å²) in [5.41, 5.74) is 2.99. The molecule has 0 aliphatic carbocycles. The molecule has 0 saturated carbocycles. The van der Waals surface area contributed by atoms with Gasteiger partial charge in [-0.2, -0.15) is 9.78 Å². The number of nitrogens with zero attached hydrogens (tertiary/aromatic N) is 4. The predicted molar refractivity (Wildman–Crippen MR) is 128 cm³/mol. The van der Waals surface area contributed by atoms with Crippen molar-refractivity contribution in [1.29, 1.82) is 0 Å². The molecule has 0 amide bonds. The van der Waals surface area contributed by atoms with Gasteiger partial charge in [0.05, 0.1) is 13.3 Å². The van der Waals surface area contributed by atoms with Gasteiger partial charge in [-0.25, -0.2) is 0 Å². The van der Waals surface area contributed by atoms with E-state index < -0.39 is 0 Å². The Morgan fingerprint density at radius 1 is 1.03 bits per heavy atom. The first-order valence-electron chi connectivity index (χ1n) is 9.88. The van der Waals surface area contributed by atoms with Gasteiger partial charge >= 0.3 is 0 Å². The molecule has 0 N–H and O–H groups in total. The highest BCUT2D eigenvalue weighted by Gasteiger charge is 2.08. The van der Waals surface area contributed by atoms with Crippen molar-refractivity contribution < 1.29 is 9.47 Å². The van der Waals surface area contributed by atoms with E-state index in [-0.39, 0.29) is 0 Å². The summed E-state index contributed by atoms with van der Waals surface area (Å²) in [4.78, 5) is 0. The summed E-state index contributed by atoms with van der Waals surface area (Å²) in [5.74, 6) is 2.04. The first-order valence-corrected chi connectivity index (χ1v) is 11.2. The van der Waals surface area contributed by atoms with E-state index in [4.69, 9.17) is 21.1 Å². The molecular weight excluding hydrogens is 444 g/mol. The van der Waals surface area contributed by atoms with Gasteiger partial charge in [-0.3, -0.25) is 0 Å². The molecule has 6 nitrogen and oxygen atoms in total. The molecule has 0 atom stereocenters. The van der Waals surface area contributed by atoms with Gasteiger partial charge < -0.3 is 9.47 Å². The number of halogens is 1. The van der Waals surface area contributed by atoms with E-state index in [1.807, 2.05) is 60.7 Å². The largest absolute Gasteiger partial charge is 0.493 e. The topological polar surface area (TPSA) is 61.5 Å². The maximum absolute atomic E-state index is 6.21.